The van der Waals surface area contributed by atoms with E-state index in [1.807, 2.05) is 0 Å². The zero-order valence-electron chi connectivity index (χ0n) is 12.4. The molecule has 0 fully saturated rings. The Hall–Kier alpha value is -2.02. The summed E-state index contributed by atoms with van der Waals surface area (Å²) in [6, 6.07) is 19.7. The number of benzene rings is 2. The zero-order valence-corrected chi connectivity index (χ0v) is 12.4. The largest absolute Gasteiger partial charge is 0.343 e. The molecule has 1 heterocycles. The van der Waals surface area contributed by atoms with Crippen LogP contribution in [0.5, 0.6) is 0 Å². The van der Waals surface area contributed by atoms with Crippen LogP contribution in [0.2, 0.25) is 0 Å². The van der Waals surface area contributed by atoms with Gasteiger partial charge in [-0.1, -0.05) is 63.2 Å². The molecule has 0 atom stereocenters. The van der Waals surface area contributed by atoms with E-state index in [2.05, 4.69) is 86.1 Å². The van der Waals surface area contributed by atoms with Crippen LogP contribution in [0, 0.1) is 0 Å². The third-order valence-electron chi connectivity index (χ3n) is 3.85. The molecule has 0 spiro atoms. The van der Waals surface area contributed by atoms with E-state index in [9.17, 15) is 0 Å². The second-order valence-corrected chi connectivity index (χ2v) is 6.45. The summed E-state index contributed by atoms with van der Waals surface area (Å²) >= 11 is 0. The van der Waals surface area contributed by atoms with Crippen LogP contribution in [0.25, 0.3) is 10.9 Å². The van der Waals surface area contributed by atoms with E-state index in [1.165, 1.54) is 22.0 Å². The highest BCUT2D eigenvalue weighted by atomic mass is 14.9. The van der Waals surface area contributed by atoms with E-state index in [1.54, 1.807) is 0 Å². The lowest BCUT2D eigenvalue weighted by Crippen LogP contribution is -2.10. The zero-order chi connectivity index (χ0) is 14.2. The van der Waals surface area contributed by atoms with Gasteiger partial charge in [0.1, 0.15) is 0 Å². The van der Waals surface area contributed by atoms with Gasteiger partial charge in [-0.3, -0.25) is 0 Å². The maximum absolute atomic E-state index is 2.31. The molecule has 0 aliphatic carbocycles. The van der Waals surface area contributed by atoms with E-state index in [0.29, 0.717) is 0 Å². The molecule has 0 saturated carbocycles. The van der Waals surface area contributed by atoms with Gasteiger partial charge >= 0.3 is 0 Å². The lowest BCUT2D eigenvalue weighted by atomic mass is 9.87. The minimum absolute atomic E-state index is 0.221. The highest BCUT2D eigenvalue weighted by molar-refractivity contribution is 5.80. The van der Waals surface area contributed by atoms with E-state index < -0.39 is 0 Å². The number of hydrogen-bond donors (Lipinski definition) is 0. The molecule has 0 aliphatic rings. The number of hydrogen-bond acceptors (Lipinski definition) is 0. The van der Waals surface area contributed by atoms with Crippen molar-refractivity contribution in [3.8, 4) is 0 Å². The fourth-order valence-electron chi connectivity index (χ4n) is 2.59. The Morgan fingerprint density at radius 1 is 0.850 bits per heavy atom. The molecule has 0 radical (unpaired) electrons. The van der Waals surface area contributed by atoms with Gasteiger partial charge in [0.2, 0.25) is 0 Å². The van der Waals surface area contributed by atoms with Crippen molar-refractivity contribution >= 4 is 10.9 Å². The number of nitrogens with zero attached hydrogens (tertiary/aromatic N) is 1. The molecule has 20 heavy (non-hydrogen) atoms. The Balaban J connectivity index is 1.88. The summed E-state index contributed by atoms with van der Waals surface area (Å²) in [6.45, 7) is 7.68. The first kappa shape index (κ1) is 13.0. The van der Waals surface area contributed by atoms with Crippen LogP contribution in [-0.4, -0.2) is 4.57 Å². The number of aromatic nitrogens is 1. The van der Waals surface area contributed by atoms with Gasteiger partial charge in [0.15, 0.2) is 0 Å². The lowest BCUT2D eigenvalue weighted by Gasteiger charge is -2.19. The topological polar surface area (TPSA) is 4.93 Å². The second-order valence-electron chi connectivity index (χ2n) is 6.45. The second kappa shape index (κ2) is 4.82. The minimum atomic E-state index is 0.221. The molecule has 3 aromatic rings. The van der Waals surface area contributed by atoms with E-state index in [0.717, 1.165) is 6.54 Å². The quantitative estimate of drug-likeness (QED) is 0.614. The van der Waals surface area contributed by atoms with E-state index >= 15 is 0 Å². The highest BCUT2D eigenvalue weighted by Crippen LogP contribution is 2.23. The molecular formula is C19H21N. The number of fused-ring (bicyclic) bond motifs is 1. The number of para-hydroxylation sites is 1. The maximum Gasteiger partial charge on any atom is 0.0483 e. The Morgan fingerprint density at radius 2 is 1.55 bits per heavy atom. The Bertz CT molecular complexity index is 711. The normalized spacial score (nSPS) is 11.9. The molecule has 1 nitrogen and oxygen atoms in total. The van der Waals surface area contributed by atoms with Crippen molar-refractivity contribution in [2.75, 3.05) is 0 Å². The molecule has 2 aromatic carbocycles. The first-order valence-electron chi connectivity index (χ1n) is 7.17. The average Bonchev–Trinajstić information content (AvgIpc) is 2.82. The Kier molecular flexibility index (Phi) is 3.13. The monoisotopic (exact) mass is 263 g/mol. The molecule has 1 heteroatoms. The summed E-state index contributed by atoms with van der Waals surface area (Å²) in [6.07, 6.45) is 2.17. The molecule has 0 aliphatic heterocycles. The summed E-state index contributed by atoms with van der Waals surface area (Å²) in [5.74, 6) is 0. The predicted molar refractivity (Wildman–Crippen MR) is 86.2 cm³/mol. The molecule has 3 rings (SSSR count). The summed E-state index contributed by atoms with van der Waals surface area (Å²) in [5, 5.41) is 1.30. The van der Waals surface area contributed by atoms with Gasteiger partial charge in [-0.15, -0.1) is 0 Å². The predicted octanol–water partition coefficient (Wildman–Crippen LogP) is 4.99. The lowest BCUT2D eigenvalue weighted by molar-refractivity contribution is 0.590. The molecule has 0 saturated heterocycles. The molecule has 0 N–H and O–H groups in total. The third kappa shape index (κ3) is 2.49. The first-order chi connectivity index (χ1) is 9.54. The molecular weight excluding hydrogens is 242 g/mol. The van der Waals surface area contributed by atoms with Crippen molar-refractivity contribution in [3.63, 3.8) is 0 Å². The molecule has 0 bridgehead atoms. The average molecular weight is 263 g/mol. The summed E-state index contributed by atoms with van der Waals surface area (Å²) < 4.78 is 2.31. The van der Waals surface area contributed by atoms with Crippen LogP contribution >= 0.6 is 0 Å². The summed E-state index contributed by atoms with van der Waals surface area (Å²) in [7, 11) is 0. The summed E-state index contributed by atoms with van der Waals surface area (Å²) in [4.78, 5) is 0. The van der Waals surface area contributed by atoms with Gasteiger partial charge < -0.3 is 4.57 Å². The van der Waals surface area contributed by atoms with Crippen LogP contribution in [0.1, 0.15) is 31.9 Å². The fourth-order valence-corrected chi connectivity index (χ4v) is 2.59. The maximum atomic E-state index is 2.31. The Labute approximate surface area is 120 Å². The molecule has 1 aromatic heterocycles. The van der Waals surface area contributed by atoms with E-state index in [-0.39, 0.29) is 5.41 Å². The fraction of sp³-hybridized carbons (Fsp3) is 0.263. The van der Waals surface area contributed by atoms with Crippen LogP contribution < -0.4 is 0 Å². The standard InChI is InChI=1S/C19H21N/c1-19(2,3)17-10-8-15(9-11-17)14-20-13-12-16-6-4-5-7-18(16)20/h4-13H,14H2,1-3H3. The molecule has 0 amide bonds. The van der Waals surface area contributed by atoms with Gasteiger partial charge in [0, 0.05) is 18.3 Å². The summed E-state index contributed by atoms with van der Waals surface area (Å²) in [5.41, 5.74) is 4.25. The smallest absolute Gasteiger partial charge is 0.0483 e. The first-order valence-corrected chi connectivity index (χ1v) is 7.17. The van der Waals surface area contributed by atoms with Crippen molar-refractivity contribution in [1.82, 2.24) is 4.57 Å². The molecule has 102 valence electrons. The SMILES string of the molecule is CC(C)(C)c1ccc(Cn2ccc3ccccc32)cc1. The van der Waals surface area contributed by atoms with Crippen molar-refractivity contribution in [1.29, 1.82) is 0 Å². The van der Waals surface area contributed by atoms with Crippen LogP contribution in [0.3, 0.4) is 0 Å². The van der Waals surface area contributed by atoms with Crippen LogP contribution in [-0.2, 0) is 12.0 Å². The highest BCUT2D eigenvalue weighted by Gasteiger charge is 2.12. The van der Waals surface area contributed by atoms with Crippen LogP contribution in [0.4, 0.5) is 0 Å². The van der Waals surface area contributed by atoms with Gasteiger partial charge in [0.25, 0.3) is 0 Å². The van der Waals surface area contributed by atoms with Crippen molar-refractivity contribution in [2.24, 2.45) is 0 Å². The minimum Gasteiger partial charge on any atom is -0.343 e. The Morgan fingerprint density at radius 3 is 2.25 bits per heavy atom. The van der Waals surface area contributed by atoms with Gasteiger partial charge in [-0.25, -0.2) is 0 Å². The van der Waals surface area contributed by atoms with Gasteiger partial charge in [-0.05, 0) is 34.1 Å². The van der Waals surface area contributed by atoms with Crippen molar-refractivity contribution in [3.05, 3.63) is 71.9 Å². The van der Waals surface area contributed by atoms with Crippen molar-refractivity contribution in [2.45, 2.75) is 32.7 Å². The van der Waals surface area contributed by atoms with Gasteiger partial charge in [0.05, 0.1) is 0 Å². The number of rotatable bonds is 2. The third-order valence-corrected chi connectivity index (χ3v) is 3.85. The van der Waals surface area contributed by atoms with Crippen molar-refractivity contribution < 1.29 is 0 Å². The van der Waals surface area contributed by atoms with E-state index in [4.69, 9.17) is 0 Å². The van der Waals surface area contributed by atoms with Crippen LogP contribution in [0.15, 0.2) is 60.8 Å². The molecule has 0 unspecified atom stereocenters. The van der Waals surface area contributed by atoms with Gasteiger partial charge in [-0.2, -0.15) is 0 Å².